The lowest BCUT2D eigenvalue weighted by molar-refractivity contribution is 0.0940. The molecular formula is C30H30N2O3S. The van der Waals surface area contributed by atoms with Crippen LogP contribution in [0.5, 0.6) is 0 Å². The number of rotatable bonds is 8. The Morgan fingerprint density at radius 2 is 1.44 bits per heavy atom. The number of benzene rings is 4. The van der Waals surface area contributed by atoms with Crippen LogP contribution in [0.15, 0.2) is 108 Å². The first kappa shape index (κ1) is 25.2. The molecule has 0 aliphatic carbocycles. The normalized spacial score (nSPS) is 12.1. The molecule has 0 saturated carbocycles. The predicted molar refractivity (Wildman–Crippen MR) is 144 cm³/mol. The number of anilines is 1. The molecule has 1 amide bonds. The highest BCUT2D eigenvalue weighted by atomic mass is 32.2. The Balaban J connectivity index is 1.74. The zero-order valence-electron chi connectivity index (χ0n) is 20.7. The Labute approximate surface area is 213 Å². The first-order chi connectivity index (χ1) is 17.3. The highest BCUT2D eigenvalue weighted by Gasteiger charge is 2.29. The van der Waals surface area contributed by atoms with E-state index in [0.29, 0.717) is 11.3 Å². The monoisotopic (exact) mass is 498 g/mol. The van der Waals surface area contributed by atoms with E-state index in [2.05, 4.69) is 11.4 Å². The van der Waals surface area contributed by atoms with E-state index in [1.165, 1.54) is 4.31 Å². The number of nitrogens with zero attached hydrogens (tertiary/aromatic N) is 1. The summed E-state index contributed by atoms with van der Waals surface area (Å²) in [6, 6.07) is 30.4. The van der Waals surface area contributed by atoms with Gasteiger partial charge in [0.05, 0.1) is 28.7 Å². The summed E-state index contributed by atoms with van der Waals surface area (Å²) in [5.41, 5.74) is 4.71. The van der Waals surface area contributed by atoms with Gasteiger partial charge in [-0.25, -0.2) is 8.42 Å². The van der Waals surface area contributed by atoms with Gasteiger partial charge in [0.1, 0.15) is 0 Å². The van der Waals surface area contributed by atoms with E-state index in [4.69, 9.17) is 0 Å². The Morgan fingerprint density at radius 1 is 0.833 bits per heavy atom. The minimum atomic E-state index is -3.95. The van der Waals surface area contributed by atoms with E-state index in [-0.39, 0.29) is 23.4 Å². The molecule has 0 aliphatic heterocycles. The number of para-hydroxylation sites is 1. The largest absolute Gasteiger partial charge is 0.345 e. The quantitative estimate of drug-likeness (QED) is 0.315. The molecule has 5 nitrogen and oxygen atoms in total. The molecule has 0 heterocycles. The maximum absolute atomic E-state index is 13.8. The number of amides is 1. The van der Waals surface area contributed by atoms with E-state index >= 15 is 0 Å². The Bertz CT molecular complexity index is 1450. The van der Waals surface area contributed by atoms with Crippen LogP contribution in [-0.4, -0.2) is 14.3 Å². The van der Waals surface area contributed by atoms with Gasteiger partial charge in [0, 0.05) is 0 Å². The number of hydrogen-bond donors (Lipinski definition) is 1. The summed E-state index contributed by atoms with van der Waals surface area (Å²) in [7, 11) is -3.95. The first-order valence-electron chi connectivity index (χ1n) is 11.9. The van der Waals surface area contributed by atoms with Crippen molar-refractivity contribution in [2.75, 3.05) is 4.31 Å². The summed E-state index contributed by atoms with van der Waals surface area (Å²) >= 11 is 0. The van der Waals surface area contributed by atoms with E-state index in [1.807, 2.05) is 63.2 Å². The van der Waals surface area contributed by atoms with Crippen LogP contribution in [0.1, 0.15) is 45.6 Å². The fraction of sp³-hybridized carbons (Fsp3) is 0.167. The van der Waals surface area contributed by atoms with Crippen LogP contribution < -0.4 is 9.62 Å². The van der Waals surface area contributed by atoms with Crippen molar-refractivity contribution in [1.29, 1.82) is 0 Å². The second-order valence-electron chi connectivity index (χ2n) is 8.88. The standard InChI is InChI=1S/C30H30N2O3S/c1-22-18-19-27(23(2)20-22)24(3)31-30(33)28-16-10-11-17-29(28)32(21-25-12-6-4-7-13-25)36(34,35)26-14-8-5-9-15-26/h4-20,24H,21H2,1-3H3,(H,31,33)/t24-/m0/s1. The Morgan fingerprint density at radius 3 is 2.11 bits per heavy atom. The molecule has 0 radical (unpaired) electrons. The molecule has 6 heteroatoms. The molecule has 4 aromatic rings. The molecule has 0 bridgehead atoms. The van der Waals surface area contributed by atoms with Gasteiger partial charge < -0.3 is 5.32 Å². The molecule has 1 N–H and O–H groups in total. The number of aryl methyl sites for hydroxylation is 2. The Kier molecular flexibility index (Phi) is 7.55. The molecule has 4 rings (SSSR count). The number of sulfonamides is 1. The van der Waals surface area contributed by atoms with Gasteiger partial charge in [0.25, 0.3) is 15.9 Å². The molecule has 0 unspecified atom stereocenters. The third kappa shape index (κ3) is 5.50. The van der Waals surface area contributed by atoms with E-state index in [0.717, 1.165) is 22.3 Å². The van der Waals surface area contributed by atoms with Crippen LogP contribution >= 0.6 is 0 Å². The number of nitrogens with one attached hydrogen (secondary N) is 1. The second-order valence-corrected chi connectivity index (χ2v) is 10.7. The molecule has 36 heavy (non-hydrogen) atoms. The summed E-state index contributed by atoms with van der Waals surface area (Å²) in [5.74, 6) is -0.334. The lowest BCUT2D eigenvalue weighted by Crippen LogP contribution is -2.34. The molecule has 0 spiro atoms. The lowest BCUT2D eigenvalue weighted by Gasteiger charge is -2.27. The van der Waals surface area contributed by atoms with E-state index in [9.17, 15) is 13.2 Å². The van der Waals surface area contributed by atoms with Crippen LogP contribution in [0.2, 0.25) is 0 Å². The van der Waals surface area contributed by atoms with Crippen molar-refractivity contribution in [2.45, 2.75) is 38.3 Å². The van der Waals surface area contributed by atoms with E-state index < -0.39 is 10.0 Å². The van der Waals surface area contributed by atoms with Crippen molar-refractivity contribution in [1.82, 2.24) is 5.32 Å². The maximum Gasteiger partial charge on any atom is 0.264 e. The molecule has 0 aromatic heterocycles. The SMILES string of the molecule is Cc1ccc([C@H](C)NC(=O)c2ccccc2N(Cc2ccccc2)S(=O)(=O)c2ccccc2)c(C)c1. The van der Waals surface area contributed by atoms with Crippen LogP contribution in [-0.2, 0) is 16.6 Å². The highest BCUT2D eigenvalue weighted by molar-refractivity contribution is 7.92. The number of carbonyl (C=O) groups is 1. The lowest BCUT2D eigenvalue weighted by atomic mass is 10.00. The summed E-state index contributed by atoms with van der Waals surface area (Å²) in [6.45, 7) is 6.08. The molecule has 0 fully saturated rings. The van der Waals surface area contributed by atoms with E-state index in [1.54, 1.807) is 54.6 Å². The van der Waals surface area contributed by atoms with Gasteiger partial charge in [-0.2, -0.15) is 0 Å². The van der Waals surface area contributed by atoms with Crippen molar-refractivity contribution in [3.05, 3.63) is 131 Å². The van der Waals surface area contributed by atoms with Crippen molar-refractivity contribution in [3.8, 4) is 0 Å². The van der Waals surface area contributed by atoms with Gasteiger partial charge >= 0.3 is 0 Å². The molecule has 4 aromatic carbocycles. The molecule has 0 saturated heterocycles. The van der Waals surface area contributed by atoms with Gasteiger partial charge in [0.2, 0.25) is 0 Å². The fourth-order valence-corrected chi connectivity index (χ4v) is 5.81. The van der Waals surface area contributed by atoms with Crippen LogP contribution in [0.25, 0.3) is 0 Å². The molecule has 0 aliphatic rings. The Hall–Kier alpha value is -3.90. The maximum atomic E-state index is 13.8. The summed E-state index contributed by atoms with van der Waals surface area (Å²) in [6.07, 6.45) is 0. The summed E-state index contributed by atoms with van der Waals surface area (Å²) < 4.78 is 29.0. The van der Waals surface area contributed by atoms with Crippen LogP contribution in [0.3, 0.4) is 0 Å². The van der Waals surface area contributed by atoms with Gasteiger partial charge in [0.15, 0.2) is 0 Å². The van der Waals surface area contributed by atoms with Gasteiger partial charge in [-0.05, 0) is 61.7 Å². The number of hydrogen-bond acceptors (Lipinski definition) is 3. The zero-order valence-corrected chi connectivity index (χ0v) is 21.5. The second kappa shape index (κ2) is 10.8. The fourth-order valence-electron chi connectivity index (χ4n) is 4.32. The zero-order chi connectivity index (χ0) is 25.7. The van der Waals surface area contributed by atoms with Crippen molar-refractivity contribution in [3.63, 3.8) is 0 Å². The molecular weight excluding hydrogens is 468 g/mol. The first-order valence-corrected chi connectivity index (χ1v) is 13.3. The van der Waals surface area contributed by atoms with Crippen LogP contribution in [0.4, 0.5) is 5.69 Å². The minimum absolute atomic E-state index is 0.0922. The van der Waals surface area contributed by atoms with Crippen molar-refractivity contribution < 1.29 is 13.2 Å². The van der Waals surface area contributed by atoms with Crippen LogP contribution in [0, 0.1) is 13.8 Å². The van der Waals surface area contributed by atoms with Crippen molar-refractivity contribution >= 4 is 21.6 Å². The summed E-state index contributed by atoms with van der Waals surface area (Å²) in [4.78, 5) is 13.7. The van der Waals surface area contributed by atoms with Gasteiger partial charge in [-0.3, -0.25) is 9.10 Å². The third-order valence-electron chi connectivity index (χ3n) is 6.16. The van der Waals surface area contributed by atoms with Gasteiger partial charge in [-0.15, -0.1) is 0 Å². The smallest absolute Gasteiger partial charge is 0.264 e. The average Bonchev–Trinajstić information content (AvgIpc) is 2.88. The summed E-state index contributed by atoms with van der Waals surface area (Å²) in [5, 5.41) is 3.06. The average molecular weight is 499 g/mol. The van der Waals surface area contributed by atoms with Gasteiger partial charge in [-0.1, -0.05) is 84.4 Å². The molecule has 1 atom stereocenters. The number of carbonyl (C=O) groups excluding carboxylic acids is 1. The molecule has 184 valence electrons. The predicted octanol–water partition coefficient (Wildman–Crippen LogP) is 6.19. The topological polar surface area (TPSA) is 66.5 Å². The third-order valence-corrected chi connectivity index (χ3v) is 7.93. The minimum Gasteiger partial charge on any atom is -0.345 e. The highest BCUT2D eigenvalue weighted by Crippen LogP contribution is 2.30. The van der Waals surface area contributed by atoms with Crippen molar-refractivity contribution in [2.24, 2.45) is 0 Å².